The molecule has 0 aliphatic carbocycles. The van der Waals surface area contributed by atoms with Gasteiger partial charge in [0.15, 0.2) is 0 Å². The van der Waals surface area contributed by atoms with Crippen LogP contribution in [0.3, 0.4) is 0 Å². The van der Waals surface area contributed by atoms with Gasteiger partial charge in [0.1, 0.15) is 23.7 Å². The first-order chi connectivity index (χ1) is 14.3. The predicted molar refractivity (Wildman–Crippen MR) is 116 cm³/mol. The van der Waals surface area contributed by atoms with Crippen molar-refractivity contribution < 1.29 is 9.84 Å². The highest BCUT2D eigenvalue weighted by atomic mass is 16.5. The number of methoxy groups -OCH3 is 1. The normalized spacial score (nSPS) is 20.5. The van der Waals surface area contributed by atoms with Crippen LogP contribution in [0.5, 0.6) is 5.75 Å². The Morgan fingerprint density at radius 2 is 1.69 bits per heavy atom. The number of hydrogen-bond acceptors (Lipinski definition) is 7. The number of ether oxygens (including phenoxy) is 1. The third kappa shape index (κ3) is 4.56. The van der Waals surface area contributed by atoms with Crippen LogP contribution in [0.4, 0.5) is 17.3 Å². The molecule has 0 spiro atoms. The fourth-order valence-electron chi connectivity index (χ4n) is 4.36. The Balaban J connectivity index is 1.45. The van der Waals surface area contributed by atoms with Crippen LogP contribution in [0.15, 0.2) is 36.7 Å². The van der Waals surface area contributed by atoms with E-state index in [0.29, 0.717) is 0 Å². The molecule has 3 heterocycles. The third-order valence-corrected chi connectivity index (χ3v) is 6.03. The van der Waals surface area contributed by atoms with Gasteiger partial charge < -0.3 is 24.5 Å². The highest BCUT2D eigenvalue weighted by molar-refractivity contribution is 5.53. The second-order valence-electron chi connectivity index (χ2n) is 7.79. The summed E-state index contributed by atoms with van der Waals surface area (Å²) in [4.78, 5) is 16.1. The van der Waals surface area contributed by atoms with Gasteiger partial charge in [0.25, 0.3) is 0 Å². The zero-order valence-electron chi connectivity index (χ0n) is 17.2. The van der Waals surface area contributed by atoms with Crippen molar-refractivity contribution in [1.82, 2.24) is 9.97 Å². The molecule has 1 atom stereocenters. The van der Waals surface area contributed by atoms with Crippen LogP contribution in [-0.2, 0) is 0 Å². The molecule has 2 fully saturated rings. The van der Waals surface area contributed by atoms with Gasteiger partial charge >= 0.3 is 0 Å². The largest absolute Gasteiger partial charge is 0.497 e. The molecule has 29 heavy (non-hydrogen) atoms. The number of piperidine rings is 1. The van der Waals surface area contributed by atoms with Gasteiger partial charge in [0, 0.05) is 44.5 Å². The Morgan fingerprint density at radius 1 is 0.931 bits per heavy atom. The van der Waals surface area contributed by atoms with Crippen molar-refractivity contribution >= 4 is 17.3 Å². The molecule has 1 aromatic heterocycles. The fraction of sp³-hybridized carbons (Fsp3) is 0.545. The molecule has 1 aromatic carbocycles. The van der Waals surface area contributed by atoms with E-state index in [0.717, 1.165) is 69.4 Å². The van der Waals surface area contributed by atoms with Gasteiger partial charge in [-0.15, -0.1) is 0 Å². The Labute approximate surface area is 172 Å². The van der Waals surface area contributed by atoms with Crippen LogP contribution in [0.1, 0.15) is 25.7 Å². The first-order valence-electron chi connectivity index (χ1n) is 10.6. The van der Waals surface area contributed by atoms with Gasteiger partial charge in [-0.05, 0) is 49.9 Å². The molecule has 4 rings (SSSR count). The van der Waals surface area contributed by atoms with Crippen molar-refractivity contribution in [3.8, 4) is 5.75 Å². The molecule has 0 amide bonds. The van der Waals surface area contributed by atoms with Crippen LogP contribution >= 0.6 is 0 Å². The summed E-state index contributed by atoms with van der Waals surface area (Å²) in [6.07, 6.45) is 6.09. The van der Waals surface area contributed by atoms with E-state index in [1.165, 1.54) is 12.1 Å². The maximum atomic E-state index is 9.74. The lowest BCUT2D eigenvalue weighted by Gasteiger charge is -2.36. The van der Waals surface area contributed by atoms with Gasteiger partial charge in [-0.2, -0.15) is 0 Å². The Morgan fingerprint density at radius 3 is 2.48 bits per heavy atom. The Bertz CT molecular complexity index is 785. The molecule has 2 saturated heterocycles. The summed E-state index contributed by atoms with van der Waals surface area (Å²) < 4.78 is 5.27. The van der Waals surface area contributed by atoms with Gasteiger partial charge in [0.2, 0.25) is 0 Å². The van der Waals surface area contributed by atoms with Crippen LogP contribution in [0, 0.1) is 0 Å². The third-order valence-electron chi connectivity index (χ3n) is 6.03. The average molecular weight is 398 g/mol. The first kappa shape index (κ1) is 19.8. The van der Waals surface area contributed by atoms with Crippen LogP contribution in [0.25, 0.3) is 0 Å². The van der Waals surface area contributed by atoms with E-state index in [1.54, 1.807) is 13.4 Å². The number of hydrogen-bond donors (Lipinski definition) is 1. The SMILES string of the molecule is COc1ccc(N2CCCN(c3cc(N4CCCCC4CO)ncn3)CC2)cc1. The lowest BCUT2D eigenvalue weighted by atomic mass is 10.0. The molecule has 156 valence electrons. The zero-order valence-corrected chi connectivity index (χ0v) is 17.2. The predicted octanol–water partition coefficient (Wildman–Crippen LogP) is 2.55. The maximum absolute atomic E-state index is 9.74. The smallest absolute Gasteiger partial charge is 0.134 e. The second-order valence-corrected chi connectivity index (χ2v) is 7.79. The van der Waals surface area contributed by atoms with E-state index < -0.39 is 0 Å². The minimum atomic E-state index is 0.168. The van der Waals surface area contributed by atoms with Gasteiger partial charge in [-0.25, -0.2) is 9.97 Å². The topological polar surface area (TPSA) is 65.0 Å². The number of nitrogens with zero attached hydrogens (tertiary/aromatic N) is 5. The minimum Gasteiger partial charge on any atom is -0.497 e. The summed E-state index contributed by atoms with van der Waals surface area (Å²) >= 11 is 0. The molecular formula is C22H31N5O2. The standard InChI is InChI=1S/C22H31N5O2/c1-29-20-8-6-18(7-9-20)25-10-4-11-26(14-13-25)21-15-22(24-17-23-21)27-12-3-2-5-19(27)16-28/h6-9,15,17,19,28H,2-5,10-14,16H2,1H3. The van der Waals surface area contributed by atoms with Gasteiger partial charge in [-0.3, -0.25) is 0 Å². The molecular weight excluding hydrogens is 366 g/mol. The number of rotatable bonds is 5. The molecule has 2 aliphatic rings. The zero-order chi connectivity index (χ0) is 20.1. The van der Waals surface area contributed by atoms with Crippen LogP contribution in [-0.4, -0.2) is 67.6 Å². The van der Waals surface area contributed by atoms with E-state index in [4.69, 9.17) is 4.74 Å². The van der Waals surface area contributed by atoms with Gasteiger partial charge in [-0.1, -0.05) is 0 Å². The van der Waals surface area contributed by atoms with E-state index in [2.05, 4.69) is 42.9 Å². The molecule has 2 aliphatic heterocycles. The molecule has 7 heteroatoms. The highest BCUT2D eigenvalue weighted by Gasteiger charge is 2.24. The summed E-state index contributed by atoms with van der Waals surface area (Å²) in [5.41, 5.74) is 1.23. The summed E-state index contributed by atoms with van der Waals surface area (Å²) in [6, 6.07) is 10.6. The van der Waals surface area contributed by atoms with Crippen molar-refractivity contribution in [3.63, 3.8) is 0 Å². The maximum Gasteiger partial charge on any atom is 0.134 e. The first-order valence-corrected chi connectivity index (χ1v) is 10.6. The van der Waals surface area contributed by atoms with Crippen molar-refractivity contribution in [3.05, 3.63) is 36.7 Å². The molecule has 0 saturated carbocycles. The number of aromatic nitrogens is 2. The molecule has 2 aromatic rings. The summed E-state index contributed by atoms with van der Waals surface area (Å²) in [6.45, 7) is 5.01. The lowest BCUT2D eigenvalue weighted by Crippen LogP contribution is -2.42. The Hall–Kier alpha value is -2.54. The summed E-state index contributed by atoms with van der Waals surface area (Å²) in [5, 5.41) is 9.74. The van der Waals surface area contributed by atoms with E-state index in [-0.39, 0.29) is 12.6 Å². The number of aliphatic hydroxyl groups is 1. The van der Waals surface area contributed by atoms with Gasteiger partial charge in [0.05, 0.1) is 19.8 Å². The highest BCUT2D eigenvalue weighted by Crippen LogP contribution is 2.26. The van der Waals surface area contributed by atoms with Crippen molar-refractivity contribution in [1.29, 1.82) is 0 Å². The molecule has 1 N–H and O–H groups in total. The van der Waals surface area contributed by atoms with E-state index in [1.807, 2.05) is 12.1 Å². The molecule has 0 radical (unpaired) electrons. The second kappa shape index (κ2) is 9.31. The number of anilines is 3. The van der Waals surface area contributed by atoms with Crippen LogP contribution < -0.4 is 19.4 Å². The lowest BCUT2D eigenvalue weighted by molar-refractivity contribution is 0.239. The molecule has 1 unspecified atom stereocenters. The van der Waals surface area contributed by atoms with Crippen LogP contribution in [0.2, 0.25) is 0 Å². The average Bonchev–Trinajstić information content (AvgIpc) is 3.05. The quantitative estimate of drug-likeness (QED) is 0.832. The molecule has 0 bridgehead atoms. The number of aliphatic hydroxyl groups excluding tert-OH is 1. The van der Waals surface area contributed by atoms with Crippen molar-refractivity contribution in [2.75, 3.05) is 61.1 Å². The summed E-state index contributed by atoms with van der Waals surface area (Å²) in [7, 11) is 1.70. The Kier molecular flexibility index (Phi) is 6.34. The van der Waals surface area contributed by atoms with E-state index in [9.17, 15) is 5.11 Å². The monoisotopic (exact) mass is 397 g/mol. The fourth-order valence-corrected chi connectivity index (χ4v) is 4.36. The van der Waals surface area contributed by atoms with E-state index >= 15 is 0 Å². The van der Waals surface area contributed by atoms with Crippen molar-refractivity contribution in [2.24, 2.45) is 0 Å². The summed E-state index contributed by atoms with van der Waals surface area (Å²) in [5.74, 6) is 2.80. The minimum absolute atomic E-state index is 0.168. The molecule has 7 nitrogen and oxygen atoms in total. The number of benzene rings is 1. The van der Waals surface area contributed by atoms with Crippen molar-refractivity contribution in [2.45, 2.75) is 31.7 Å².